The van der Waals surface area contributed by atoms with Crippen molar-refractivity contribution < 1.29 is 9.50 Å². The Morgan fingerprint density at radius 1 is 1.56 bits per heavy atom. The van der Waals surface area contributed by atoms with Gasteiger partial charge in [0.15, 0.2) is 0 Å². The summed E-state index contributed by atoms with van der Waals surface area (Å²) in [4.78, 5) is 0. The molecule has 1 unspecified atom stereocenters. The molecule has 0 saturated heterocycles. The van der Waals surface area contributed by atoms with Crippen molar-refractivity contribution in [3.8, 4) is 0 Å². The second kappa shape index (κ2) is 5.60. The van der Waals surface area contributed by atoms with E-state index in [0.29, 0.717) is 17.3 Å². The van der Waals surface area contributed by atoms with E-state index in [-0.39, 0.29) is 5.82 Å². The van der Waals surface area contributed by atoms with Crippen LogP contribution >= 0.6 is 15.9 Å². The van der Waals surface area contributed by atoms with Crippen LogP contribution in [0.4, 0.5) is 4.39 Å². The molecule has 88 valence electrons. The van der Waals surface area contributed by atoms with E-state index in [1.54, 1.807) is 19.1 Å². The van der Waals surface area contributed by atoms with Gasteiger partial charge in [0.05, 0.1) is 5.60 Å². The zero-order valence-electron chi connectivity index (χ0n) is 9.34. The molecule has 1 rings (SSSR count). The third-order valence-corrected chi connectivity index (χ3v) is 3.21. The summed E-state index contributed by atoms with van der Waals surface area (Å²) in [6, 6.07) is 4.52. The fourth-order valence-corrected chi connectivity index (χ4v) is 2.07. The lowest BCUT2D eigenvalue weighted by atomic mass is 9.92. The van der Waals surface area contributed by atoms with E-state index in [1.807, 2.05) is 0 Å². The molecule has 0 aliphatic carbocycles. The van der Waals surface area contributed by atoms with Gasteiger partial charge in [-0.15, -0.1) is 6.58 Å². The molecule has 0 amide bonds. The van der Waals surface area contributed by atoms with Gasteiger partial charge in [-0.2, -0.15) is 0 Å². The maximum absolute atomic E-state index is 12.9. The molecule has 0 fully saturated rings. The minimum absolute atomic E-state index is 0.277. The molecule has 3 heteroatoms. The van der Waals surface area contributed by atoms with Crippen LogP contribution in [0.15, 0.2) is 35.3 Å². The van der Waals surface area contributed by atoms with Gasteiger partial charge in [-0.1, -0.05) is 28.1 Å². The fraction of sp³-hybridized carbons (Fsp3) is 0.385. The van der Waals surface area contributed by atoms with E-state index in [9.17, 15) is 9.50 Å². The number of rotatable bonds is 5. The number of aliphatic hydroxyl groups is 1. The molecule has 1 atom stereocenters. The number of allylic oxidation sites excluding steroid dienone is 1. The minimum atomic E-state index is -0.783. The number of benzene rings is 1. The molecule has 0 radical (unpaired) electrons. The lowest BCUT2D eigenvalue weighted by Crippen LogP contribution is -2.27. The highest BCUT2D eigenvalue weighted by Gasteiger charge is 2.21. The van der Waals surface area contributed by atoms with E-state index in [1.165, 1.54) is 12.1 Å². The Hall–Kier alpha value is -0.670. The quantitative estimate of drug-likeness (QED) is 0.816. The van der Waals surface area contributed by atoms with Gasteiger partial charge in [-0.3, -0.25) is 0 Å². The van der Waals surface area contributed by atoms with E-state index >= 15 is 0 Å². The van der Waals surface area contributed by atoms with Gasteiger partial charge < -0.3 is 5.11 Å². The van der Waals surface area contributed by atoms with E-state index in [2.05, 4.69) is 22.5 Å². The van der Waals surface area contributed by atoms with Crippen LogP contribution in [0.25, 0.3) is 0 Å². The third kappa shape index (κ3) is 4.06. The van der Waals surface area contributed by atoms with Gasteiger partial charge >= 0.3 is 0 Å². The van der Waals surface area contributed by atoms with Crippen LogP contribution in [0.2, 0.25) is 0 Å². The summed E-state index contributed by atoms with van der Waals surface area (Å²) >= 11 is 3.30. The van der Waals surface area contributed by atoms with Crippen LogP contribution in [0.3, 0.4) is 0 Å². The first-order valence-electron chi connectivity index (χ1n) is 5.22. The second-order valence-corrected chi connectivity index (χ2v) is 5.09. The zero-order valence-corrected chi connectivity index (χ0v) is 10.9. The molecule has 0 spiro atoms. The first-order chi connectivity index (χ1) is 7.44. The normalized spacial score (nSPS) is 14.5. The summed E-state index contributed by atoms with van der Waals surface area (Å²) in [5, 5.41) is 10.1. The first-order valence-corrected chi connectivity index (χ1v) is 6.01. The van der Waals surface area contributed by atoms with E-state index in [0.717, 1.165) is 12.0 Å². The zero-order chi connectivity index (χ0) is 12.2. The summed E-state index contributed by atoms with van der Waals surface area (Å²) in [6.07, 6.45) is 3.71. The Morgan fingerprint density at radius 3 is 2.81 bits per heavy atom. The van der Waals surface area contributed by atoms with Gasteiger partial charge in [0.1, 0.15) is 5.82 Å². The molecular weight excluding hydrogens is 271 g/mol. The van der Waals surface area contributed by atoms with Crippen molar-refractivity contribution in [2.75, 3.05) is 0 Å². The van der Waals surface area contributed by atoms with Crippen LogP contribution in [0, 0.1) is 5.82 Å². The number of halogens is 2. The summed E-state index contributed by atoms with van der Waals surface area (Å²) in [5.41, 5.74) is 0.129. The van der Waals surface area contributed by atoms with Crippen LogP contribution in [-0.2, 0) is 6.42 Å². The summed E-state index contributed by atoms with van der Waals surface area (Å²) in [7, 11) is 0. The monoisotopic (exact) mass is 286 g/mol. The van der Waals surface area contributed by atoms with E-state index < -0.39 is 5.60 Å². The Kier molecular flexibility index (Phi) is 4.69. The van der Waals surface area contributed by atoms with Gasteiger partial charge in [0.2, 0.25) is 0 Å². The van der Waals surface area contributed by atoms with Crippen LogP contribution in [-0.4, -0.2) is 10.7 Å². The Morgan fingerprint density at radius 2 is 2.25 bits per heavy atom. The molecule has 1 nitrogen and oxygen atoms in total. The first kappa shape index (κ1) is 13.4. The highest BCUT2D eigenvalue weighted by atomic mass is 79.9. The molecule has 1 N–H and O–H groups in total. The number of hydrogen-bond acceptors (Lipinski definition) is 1. The van der Waals surface area contributed by atoms with Gasteiger partial charge in [0, 0.05) is 10.9 Å². The largest absolute Gasteiger partial charge is 0.390 e. The maximum atomic E-state index is 12.9. The predicted octanol–water partition coefficient (Wildman–Crippen LogP) is 3.85. The summed E-state index contributed by atoms with van der Waals surface area (Å²) < 4.78 is 13.6. The smallest absolute Gasteiger partial charge is 0.124 e. The Bertz CT molecular complexity index is 374. The Balaban J connectivity index is 2.75. The highest BCUT2D eigenvalue weighted by Crippen LogP contribution is 2.25. The molecule has 0 bridgehead atoms. The van der Waals surface area contributed by atoms with Crippen molar-refractivity contribution in [1.29, 1.82) is 0 Å². The van der Waals surface area contributed by atoms with Crippen molar-refractivity contribution in [3.63, 3.8) is 0 Å². The average Bonchev–Trinajstić information content (AvgIpc) is 2.19. The molecule has 0 aromatic heterocycles. The average molecular weight is 287 g/mol. The topological polar surface area (TPSA) is 20.2 Å². The van der Waals surface area contributed by atoms with Gasteiger partial charge in [0.25, 0.3) is 0 Å². The highest BCUT2D eigenvalue weighted by molar-refractivity contribution is 9.10. The molecule has 0 aliphatic rings. The standard InChI is InChI=1S/C13H16BrFO/c1-3-4-7-13(2,16)9-10-5-6-11(15)8-12(10)14/h3,5-6,8,16H,1,4,7,9H2,2H3. The van der Waals surface area contributed by atoms with Crippen LogP contribution < -0.4 is 0 Å². The molecular formula is C13H16BrFO. The SMILES string of the molecule is C=CCCC(C)(O)Cc1ccc(F)cc1Br. The van der Waals surface area contributed by atoms with Crippen molar-refractivity contribution in [1.82, 2.24) is 0 Å². The lowest BCUT2D eigenvalue weighted by Gasteiger charge is -2.23. The van der Waals surface area contributed by atoms with Crippen LogP contribution in [0.1, 0.15) is 25.3 Å². The van der Waals surface area contributed by atoms with Crippen molar-refractivity contribution in [2.24, 2.45) is 0 Å². The summed E-state index contributed by atoms with van der Waals surface area (Å²) in [6.45, 7) is 5.41. The molecule has 1 aromatic rings. The molecule has 0 heterocycles. The van der Waals surface area contributed by atoms with Crippen molar-refractivity contribution in [3.05, 3.63) is 46.7 Å². The fourth-order valence-electron chi connectivity index (χ4n) is 1.58. The number of hydrogen-bond donors (Lipinski definition) is 1. The van der Waals surface area contributed by atoms with E-state index in [4.69, 9.17) is 0 Å². The second-order valence-electron chi connectivity index (χ2n) is 4.24. The maximum Gasteiger partial charge on any atom is 0.124 e. The molecule has 0 aliphatic heterocycles. The van der Waals surface area contributed by atoms with Crippen molar-refractivity contribution >= 4 is 15.9 Å². The Labute approximate surface area is 104 Å². The summed E-state index contributed by atoms with van der Waals surface area (Å²) in [5.74, 6) is -0.277. The third-order valence-electron chi connectivity index (χ3n) is 2.47. The van der Waals surface area contributed by atoms with Crippen molar-refractivity contribution in [2.45, 2.75) is 31.8 Å². The van der Waals surface area contributed by atoms with Crippen LogP contribution in [0.5, 0.6) is 0 Å². The molecule has 0 saturated carbocycles. The molecule has 16 heavy (non-hydrogen) atoms. The molecule has 1 aromatic carbocycles. The van der Waals surface area contributed by atoms with Gasteiger partial charge in [-0.25, -0.2) is 4.39 Å². The predicted molar refractivity (Wildman–Crippen MR) is 67.9 cm³/mol. The lowest BCUT2D eigenvalue weighted by molar-refractivity contribution is 0.0521. The van der Waals surface area contributed by atoms with Gasteiger partial charge in [-0.05, 0) is 37.5 Å². The minimum Gasteiger partial charge on any atom is -0.390 e.